The van der Waals surface area contributed by atoms with E-state index in [4.69, 9.17) is 9.52 Å². The summed E-state index contributed by atoms with van der Waals surface area (Å²) in [5.41, 5.74) is 5.91. The van der Waals surface area contributed by atoms with E-state index in [1.165, 1.54) is 0 Å². The number of amides is 1. The van der Waals surface area contributed by atoms with E-state index >= 15 is 0 Å². The van der Waals surface area contributed by atoms with E-state index in [-0.39, 0.29) is 24.7 Å². The Hall–Kier alpha value is -4.13. The Kier molecular flexibility index (Phi) is 6.92. The number of carbonyl (C=O) groups is 2. The van der Waals surface area contributed by atoms with Gasteiger partial charge in [0.25, 0.3) is 6.01 Å². The van der Waals surface area contributed by atoms with Gasteiger partial charge in [-0.2, -0.15) is 4.98 Å². The lowest BCUT2D eigenvalue weighted by atomic mass is 9.96. The highest BCUT2D eigenvalue weighted by Gasteiger charge is 2.12. The summed E-state index contributed by atoms with van der Waals surface area (Å²) in [6, 6.07) is 21.4. The van der Waals surface area contributed by atoms with Gasteiger partial charge >= 0.3 is 5.97 Å². The average molecular weight is 458 g/mol. The lowest BCUT2D eigenvalue weighted by Gasteiger charge is -2.12. The Labute approximate surface area is 197 Å². The van der Waals surface area contributed by atoms with Crippen molar-refractivity contribution in [2.45, 2.75) is 39.0 Å². The molecule has 1 amide bonds. The Bertz CT molecular complexity index is 1310. The molecule has 0 radical (unpaired) electrons. The van der Waals surface area contributed by atoms with Gasteiger partial charge in [0.2, 0.25) is 5.91 Å². The van der Waals surface area contributed by atoms with Crippen molar-refractivity contribution >= 4 is 40.4 Å². The minimum absolute atomic E-state index is 0.135. The number of para-hydroxylation sites is 1. The first kappa shape index (κ1) is 23.0. The van der Waals surface area contributed by atoms with Crippen LogP contribution in [0.25, 0.3) is 11.1 Å². The summed E-state index contributed by atoms with van der Waals surface area (Å²) in [7, 11) is 0. The highest BCUT2D eigenvalue weighted by Crippen LogP contribution is 2.25. The van der Waals surface area contributed by atoms with Crippen LogP contribution in [0.1, 0.15) is 42.4 Å². The molecule has 0 saturated heterocycles. The van der Waals surface area contributed by atoms with E-state index in [0.717, 1.165) is 22.4 Å². The van der Waals surface area contributed by atoms with Crippen LogP contribution in [-0.4, -0.2) is 22.0 Å². The zero-order valence-electron chi connectivity index (χ0n) is 19.2. The summed E-state index contributed by atoms with van der Waals surface area (Å²) in [5, 5.41) is 14.9. The number of aromatic nitrogens is 1. The van der Waals surface area contributed by atoms with Crippen molar-refractivity contribution in [2.24, 2.45) is 0 Å². The summed E-state index contributed by atoms with van der Waals surface area (Å²) in [4.78, 5) is 27.8. The van der Waals surface area contributed by atoms with Gasteiger partial charge in [-0.1, -0.05) is 43.3 Å². The minimum atomic E-state index is -0.793. The third-order valence-corrected chi connectivity index (χ3v) is 5.76. The maximum absolute atomic E-state index is 12.6. The van der Waals surface area contributed by atoms with Crippen LogP contribution in [0.4, 0.5) is 17.4 Å². The van der Waals surface area contributed by atoms with Crippen molar-refractivity contribution in [1.29, 1.82) is 0 Å². The van der Waals surface area contributed by atoms with Crippen molar-refractivity contribution in [3.8, 4) is 0 Å². The molecule has 7 heteroatoms. The zero-order chi connectivity index (χ0) is 24.1. The molecule has 174 valence electrons. The zero-order valence-corrected chi connectivity index (χ0v) is 19.2. The van der Waals surface area contributed by atoms with Gasteiger partial charge in [0, 0.05) is 17.8 Å². The van der Waals surface area contributed by atoms with Gasteiger partial charge in [-0.15, -0.1) is 0 Å². The Morgan fingerprint density at radius 1 is 1.06 bits per heavy atom. The van der Waals surface area contributed by atoms with Crippen molar-refractivity contribution < 1.29 is 19.1 Å². The number of nitrogens with one attached hydrogen (secondary N) is 2. The fraction of sp³-hybridized carbons (Fsp3) is 0.222. The summed E-state index contributed by atoms with van der Waals surface area (Å²) in [6.07, 6.45) is 0.917. The predicted molar refractivity (Wildman–Crippen MR) is 133 cm³/mol. The molecule has 7 nitrogen and oxygen atoms in total. The second-order valence-electron chi connectivity index (χ2n) is 8.44. The minimum Gasteiger partial charge on any atom is -0.481 e. The lowest BCUT2D eigenvalue weighted by molar-refractivity contribution is -0.137. The molecule has 0 saturated carbocycles. The summed E-state index contributed by atoms with van der Waals surface area (Å²) in [5.74, 6) is -0.790. The Balaban J connectivity index is 1.37. The van der Waals surface area contributed by atoms with Crippen molar-refractivity contribution in [1.82, 2.24) is 4.98 Å². The van der Waals surface area contributed by atoms with E-state index in [9.17, 15) is 9.59 Å². The molecule has 4 rings (SSSR count). The number of carbonyl (C=O) groups excluding carboxylic acids is 1. The van der Waals surface area contributed by atoms with Gasteiger partial charge in [-0.05, 0) is 66.3 Å². The molecule has 1 aromatic heterocycles. The van der Waals surface area contributed by atoms with Crippen LogP contribution in [0.5, 0.6) is 0 Å². The topological polar surface area (TPSA) is 104 Å². The van der Waals surface area contributed by atoms with Crippen LogP contribution in [0.3, 0.4) is 0 Å². The molecule has 0 aliphatic carbocycles. The largest absolute Gasteiger partial charge is 0.481 e. The van der Waals surface area contributed by atoms with Gasteiger partial charge in [-0.25, -0.2) is 0 Å². The number of oxazole rings is 1. The second-order valence-corrected chi connectivity index (χ2v) is 8.44. The number of fused-ring (bicyclic) bond motifs is 1. The molecule has 0 fully saturated rings. The molecule has 3 N–H and O–H groups in total. The van der Waals surface area contributed by atoms with Crippen LogP contribution in [0.2, 0.25) is 0 Å². The number of anilines is 3. The number of rotatable bonds is 9. The highest BCUT2D eigenvalue weighted by atomic mass is 16.4. The standard InChI is InChI=1S/C27H27N3O4/c1-17(7-14-26(32)33)20-9-11-21(12-10-20)28-25(31)16-19-8-13-23-24(15-19)34-27(30-23)29-22-6-4-3-5-18(22)2/h3-6,8-13,15,17H,7,14,16H2,1-2H3,(H,28,31)(H,29,30)(H,32,33). The Morgan fingerprint density at radius 2 is 1.82 bits per heavy atom. The van der Waals surface area contributed by atoms with E-state index < -0.39 is 5.97 Å². The van der Waals surface area contributed by atoms with Gasteiger partial charge in [0.1, 0.15) is 5.52 Å². The number of aliphatic carboxylic acids is 1. The molecule has 1 heterocycles. The quantitative estimate of drug-likeness (QED) is 0.283. The van der Waals surface area contributed by atoms with Crippen LogP contribution < -0.4 is 10.6 Å². The summed E-state index contributed by atoms with van der Waals surface area (Å²) < 4.78 is 5.85. The third kappa shape index (κ3) is 5.81. The number of carboxylic acid groups (broad SMARTS) is 1. The summed E-state index contributed by atoms with van der Waals surface area (Å²) >= 11 is 0. The van der Waals surface area contributed by atoms with Crippen molar-refractivity contribution in [2.75, 3.05) is 10.6 Å². The van der Waals surface area contributed by atoms with E-state index in [1.807, 2.05) is 80.6 Å². The van der Waals surface area contributed by atoms with Crippen molar-refractivity contribution in [3.05, 3.63) is 83.4 Å². The third-order valence-electron chi connectivity index (χ3n) is 5.76. The normalized spacial score (nSPS) is 11.8. The van der Waals surface area contributed by atoms with Crippen LogP contribution in [0, 0.1) is 6.92 Å². The first-order chi connectivity index (χ1) is 16.4. The number of benzene rings is 3. The van der Waals surface area contributed by atoms with Gasteiger partial charge in [0.15, 0.2) is 5.58 Å². The van der Waals surface area contributed by atoms with E-state index in [2.05, 4.69) is 15.6 Å². The molecule has 0 aliphatic heterocycles. The number of hydrogen-bond acceptors (Lipinski definition) is 5. The van der Waals surface area contributed by atoms with Crippen LogP contribution >= 0.6 is 0 Å². The molecule has 0 spiro atoms. The predicted octanol–water partition coefficient (Wildman–Crippen LogP) is 6.03. The monoisotopic (exact) mass is 457 g/mol. The van der Waals surface area contributed by atoms with Gasteiger partial charge < -0.3 is 20.2 Å². The van der Waals surface area contributed by atoms with E-state index in [0.29, 0.717) is 29.2 Å². The van der Waals surface area contributed by atoms with Crippen molar-refractivity contribution in [3.63, 3.8) is 0 Å². The molecule has 34 heavy (non-hydrogen) atoms. The molecule has 4 aromatic rings. The fourth-order valence-corrected chi connectivity index (χ4v) is 3.75. The van der Waals surface area contributed by atoms with Crippen LogP contribution in [-0.2, 0) is 16.0 Å². The number of aryl methyl sites for hydroxylation is 1. The highest BCUT2D eigenvalue weighted by molar-refractivity contribution is 5.92. The molecular weight excluding hydrogens is 430 g/mol. The maximum Gasteiger partial charge on any atom is 0.303 e. The molecule has 0 aliphatic rings. The second kappa shape index (κ2) is 10.2. The maximum atomic E-state index is 12.6. The van der Waals surface area contributed by atoms with Gasteiger partial charge in [-0.3, -0.25) is 9.59 Å². The number of nitrogens with zero attached hydrogens (tertiary/aromatic N) is 1. The molecule has 1 unspecified atom stereocenters. The molecular formula is C27H27N3O4. The Morgan fingerprint density at radius 3 is 2.56 bits per heavy atom. The van der Waals surface area contributed by atoms with E-state index in [1.54, 1.807) is 0 Å². The molecule has 3 aromatic carbocycles. The molecule has 0 bridgehead atoms. The summed E-state index contributed by atoms with van der Waals surface area (Å²) in [6.45, 7) is 4.01. The SMILES string of the molecule is Cc1ccccc1Nc1nc2ccc(CC(=O)Nc3ccc(C(C)CCC(=O)O)cc3)cc2o1. The first-order valence-corrected chi connectivity index (χ1v) is 11.2. The van der Waals surface area contributed by atoms with Gasteiger partial charge in [0.05, 0.1) is 6.42 Å². The lowest BCUT2D eigenvalue weighted by Crippen LogP contribution is -2.14. The fourth-order valence-electron chi connectivity index (χ4n) is 3.75. The smallest absolute Gasteiger partial charge is 0.303 e. The first-order valence-electron chi connectivity index (χ1n) is 11.2. The van der Waals surface area contributed by atoms with Crippen LogP contribution in [0.15, 0.2) is 71.1 Å². The average Bonchev–Trinajstić information content (AvgIpc) is 3.21. The number of hydrogen-bond donors (Lipinski definition) is 3. The number of carboxylic acids is 1. The molecule has 1 atom stereocenters.